The summed E-state index contributed by atoms with van der Waals surface area (Å²) in [6.45, 7) is 0.916. The highest BCUT2D eigenvalue weighted by atomic mass is 16.4. The van der Waals surface area contributed by atoms with E-state index in [1.54, 1.807) is 6.08 Å². The Kier molecular flexibility index (Phi) is 4.61. The van der Waals surface area contributed by atoms with Crippen molar-refractivity contribution in [3.63, 3.8) is 0 Å². The van der Waals surface area contributed by atoms with E-state index in [-0.39, 0.29) is 5.91 Å². The molecule has 1 aliphatic rings. The van der Waals surface area contributed by atoms with Crippen molar-refractivity contribution in [2.24, 2.45) is 0 Å². The molecule has 2 aromatic carbocycles. The number of carbonyl (C=O) groups excluding carboxylic acids is 1. The van der Waals surface area contributed by atoms with Gasteiger partial charge >= 0.3 is 6.09 Å². The molecule has 0 radical (unpaired) electrons. The summed E-state index contributed by atoms with van der Waals surface area (Å²) in [5.41, 5.74) is 3.78. The van der Waals surface area contributed by atoms with E-state index < -0.39 is 6.09 Å². The lowest BCUT2D eigenvalue weighted by Crippen LogP contribution is -2.34. The van der Waals surface area contributed by atoms with Crippen LogP contribution in [0.5, 0.6) is 0 Å². The minimum Gasteiger partial charge on any atom is -0.465 e. The van der Waals surface area contributed by atoms with E-state index >= 15 is 0 Å². The van der Waals surface area contributed by atoms with Crippen LogP contribution in [-0.4, -0.2) is 28.6 Å². The van der Waals surface area contributed by atoms with Crippen LogP contribution in [-0.2, 0) is 17.8 Å². The maximum Gasteiger partial charge on any atom is 0.407 e. The Morgan fingerprint density at radius 3 is 2.62 bits per heavy atom. The molecule has 0 saturated heterocycles. The van der Waals surface area contributed by atoms with Gasteiger partial charge in [0.1, 0.15) is 0 Å². The van der Waals surface area contributed by atoms with Crippen LogP contribution < -0.4 is 5.32 Å². The molecule has 122 valence electrons. The van der Waals surface area contributed by atoms with Gasteiger partial charge in [-0.25, -0.2) is 4.79 Å². The standard InChI is InChI=1S/C19H18N2O3/c22-18(20-17-4-2-1-3-5-17)9-7-14-6-8-15-10-11-21(19(23)24)13-16(15)12-14/h1-9,12H,10-11,13H2,(H,20,22)(H,23,24). The van der Waals surface area contributed by atoms with Gasteiger partial charge in [-0.15, -0.1) is 0 Å². The van der Waals surface area contributed by atoms with Crippen molar-refractivity contribution in [3.05, 3.63) is 71.3 Å². The maximum absolute atomic E-state index is 11.9. The fourth-order valence-electron chi connectivity index (χ4n) is 2.72. The van der Waals surface area contributed by atoms with Crippen molar-refractivity contribution in [2.75, 3.05) is 11.9 Å². The zero-order valence-corrected chi connectivity index (χ0v) is 13.1. The predicted octanol–water partition coefficient (Wildman–Crippen LogP) is 3.37. The number of carbonyl (C=O) groups is 2. The van der Waals surface area contributed by atoms with Gasteiger partial charge in [0.25, 0.3) is 0 Å². The first-order chi connectivity index (χ1) is 11.6. The van der Waals surface area contributed by atoms with Crippen LogP contribution in [0, 0.1) is 0 Å². The number of hydrogen-bond donors (Lipinski definition) is 2. The first kappa shape index (κ1) is 15.8. The van der Waals surface area contributed by atoms with E-state index in [1.165, 1.54) is 16.5 Å². The Hall–Kier alpha value is -3.08. The largest absolute Gasteiger partial charge is 0.465 e. The van der Waals surface area contributed by atoms with Crippen molar-refractivity contribution in [1.29, 1.82) is 0 Å². The zero-order valence-electron chi connectivity index (χ0n) is 13.1. The third-order valence-corrected chi connectivity index (χ3v) is 3.98. The molecule has 3 rings (SSSR count). The highest BCUT2D eigenvalue weighted by Crippen LogP contribution is 2.21. The van der Waals surface area contributed by atoms with E-state index in [0.717, 1.165) is 23.2 Å². The molecule has 2 aromatic rings. The Bertz CT molecular complexity index is 784. The minimum atomic E-state index is -0.899. The monoisotopic (exact) mass is 322 g/mol. The molecule has 0 atom stereocenters. The summed E-state index contributed by atoms with van der Waals surface area (Å²) < 4.78 is 0. The van der Waals surface area contributed by atoms with Crippen LogP contribution in [0.15, 0.2) is 54.6 Å². The summed E-state index contributed by atoms with van der Waals surface area (Å²) in [4.78, 5) is 24.4. The lowest BCUT2D eigenvalue weighted by molar-refractivity contribution is -0.111. The SMILES string of the molecule is O=C(C=Cc1ccc2c(c1)CN(C(=O)O)CC2)Nc1ccccc1. The van der Waals surface area contributed by atoms with E-state index in [4.69, 9.17) is 5.11 Å². The lowest BCUT2D eigenvalue weighted by Gasteiger charge is -2.26. The third kappa shape index (κ3) is 3.81. The van der Waals surface area contributed by atoms with Crippen LogP contribution in [0.1, 0.15) is 16.7 Å². The van der Waals surface area contributed by atoms with Gasteiger partial charge in [-0.1, -0.05) is 30.3 Å². The van der Waals surface area contributed by atoms with Crippen LogP contribution in [0.4, 0.5) is 10.5 Å². The van der Waals surface area contributed by atoms with Gasteiger partial charge in [0.2, 0.25) is 5.91 Å². The molecular formula is C19H18N2O3. The normalized spacial score (nSPS) is 13.6. The van der Waals surface area contributed by atoms with Gasteiger partial charge in [0, 0.05) is 24.9 Å². The number of nitrogens with zero attached hydrogens (tertiary/aromatic N) is 1. The molecule has 5 nitrogen and oxygen atoms in total. The number of fused-ring (bicyclic) bond motifs is 1. The summed E-state index contributed by atoms with van der Waals surface area (Å²) in [6, 6.07) is 15.1. The molecular weight excluding hydrogens is 304 g/mol. The van der Waals surface area contributed by atoms with Crippen molar-refractivity contribution in [3.8, 4) is 0 Å². The number of hydrogen-bond acceptors (Lipinski definition) is 2. The Labute approximate surface area is 140 Å². The number of anilines is 1. The molecule has 0 fully saturated rings. The quantitative estimate of drug-likeness (QED) is 0.851. The molecule has 0 aromatic heterocycles. The van der Waals surface area contributed by atoms with Crippen LogP contribution in [0.2, 0.25) is 0 Å². The maximum atomic E-state index is 11.9. The second kappa shape index (κ2) is 7.00. The van der Waals surface area contributed by atoms with Gasteiger partial charge in [0.15, 0.2) is 0 Å². The molecule has 0 spiro atoms. The lowest BCUT2D eigenvalue weighted by atomic mass is 9.97. The number of carboxylic acid groups (broad SMARTS) is 1. The average Bonchev–Trinajstić information content (AvgIpc) is 2.60. The summed E-state index contributed by atoms with van der Waals surface area (Å²) in [5, 5.41) is 11.9. The summed E-state index contributed by atoms with van der Waals surface area (Å²) in [6.07, 6.45) is 3.04. The fraction of sp³-hybridized carbons (Fsp3) is 0.158. The number of rotatable bonds is 3. The Morgan fingerprint density at radius 2 is 1.88 bits per heavy atom. The minimum absolute atomic E-state index is 0.203. The summed E-state index contributed by atoms with van der Waals surface area (Å²) in [7, 11) is 0. The van der Waals surface area contributed by atoms with Crippen molar-refractivity contribution < 1.29 is 14.7 Å². The molecule has 0 unspecified atom stereocenters. The molecule has 5 heteroatoms. The highest BCUT2D eigenvalue weighted by molar-refractivity contribution is 6.01. The van der Waals surface area contributed by atoms with Gasteiger partial charge in [-0.05, 0) is 47.4 Å². The van der Waals surface area contributed by atoms with Crippen LogP contribution in [0.3, 0.4) is 0 Å². The smallest absolute Gasteiger partial charge is 0.407 e. The van der Waals surface area contributed by atoms with Gasteiger partial charge < -0.3 is 15.3 Å². The predicted molar refractivity (Wildman–Crippen MR) is 92.7 cm³/mol. The Balaban J connectivity index is 1.68. The fourth-order valence-corrected chi connectivity index (χ4v) is 2.72. The first-order valence-corrected chi connectivity index (χ1v) is 7.75. The Morgan fingerprint density at radius 1 is 1.08 bits per heavy atom. The van der Waals surface area contributed by atoms with Crippen molar-refractivity contribution in [1.82, 2.24) is 4.90 Å². The molecule has 2 amide bonds. The van der Waals surface area contributed by atoms with Crippen LogP contribution >= 0.6 is 0 Å². The molecule has 1 aliphatic heterocycles. The van der Waals surface area contributed by atoms with E-state index in [0.29, 0.717) is 13.1 Å². The number of amides is 2. The molecule has 0 aliphatic carbocycles. The summed E-state index contributed by atoms with van der Waals surface area (Å²) >= 11 is 0. The molecule has 24 heavy (non-hydrogen) atoms. The zero-order chi connectivity index (χ0) is 16.9. The average molecular weight is 322 g/mol. The second-order valence-electron chi connectivity index (χ2n) is 5.67. The number of benzene rings is 2. The molecule has 0 saturated carbocycles. The van der Waals surface area contributed by atoms with Gasteiger partial charge in [-0.3, -0.25) is 4.79 Å². The number of para-hydroxylation sites is 1. The first-order valence-electron chi connectivity index (χ1n) is 7.75. The van der Waals surface area contributed by atoms with E-state index in [9.17, 15) is 9.59 Å². The van der Waals surface area contributed by atoms with E-state index in [1.807, 2.05) is 48.5 Å². The number of nitrogens with one attached hydrogen (secondary N) is 1. The second-order valence-corrected chi connectivity index (χ2v) is 5.67. The molecule has 0 bridgehead atoms. The van der Waals surface area contributed by atoms with Crippen LogP contribution in [0.25, 0.3) is 6.08 Å². The van der Waals surface area contributed by atoms with Crippen molar-refractivity contribution >= 4 is 23.8 Å². The van der Waals surface area contributed by atoms with E-state index in [2.05, 4.69) is 5.32 Å². The highest BCUT2D eigenvalue weighted by Gasteiger charge is 2.19. The molecule has 2 N–H and O–H groups in total. The van der Waals surface area contributed by atoms with Crippen molar-refractivity contribution in [2.45, 2.75) is 13.0 Å². The third-order valence-electron chi connectivity index (χ3n) is 3.98. The van der Waals surface area contributed by atoms with Gasteiger partial charge in [-0.2, -0.15) is 0 Å². The topological polar surface area (TPSA) is 69.6 Å². The summed E-state index contributed by atoms with van der Waals surface area (Å²) in [5.74, 6) is -0.203. The van der Waals surface area contributed by atoms with Gasteiger partial charge in [0.05, 0.1) is 0 Å². The molecule has 1 heterocycles.